The van der Waals surface area contributed by atoms with E-state index >= 15 is 0 Å². The van der Waals surface area contributed by atoms with Crippen molar-refractivity contribution in [1.29, 1.82) is 0 Å². The van der Waals surface area contributed by atoms with Crippen LogP contribution in [0.3, 0.4) is 0 Å². The number of ketones is 1. The van der Waals surface area contributed by atoms with Gasteiger partial charge in [-0.1, -0.05) is 27.2 Å². The third-order valence-electron chi connectivity index (χ3n) is 2.14. The van der Waals surface area contributed by atoms with Crippen LogP contribution in [0.2, 0.25) is 0 Å². The van der Waals surface area contributed by atoms with E-state index < -0.39 is 0 Å². The number of rotatable bonds is 6. The van der Waals surface area contributed by atoms with Gasteiger partial charge in [0.15, 0.2) is 0 Å². The van der Waals surface area contributed by atoms with E-state index in [0.29, 0.717) is 5.78 Å². The Balaban J connectivity index is 3.30. The lowest BCUT2D eigenvalue weighted by molar-refractivity contribution is -0.119. The molecule has 0 aliphatic carbocycles. The van der Waals surface area contributed by atoms with Crippen molar-refractivity contribution >= 4 is 5.78 Å². The number of Topliss-reactive ketones (excluding diaryl/α,β-unsaturated/α-hetero) is 1. The summed E-state index contributed by atoms with van der Waals surface area (Å²) in [6.45, 7) is 6.44. The minimum absolute atomic E-state index is 0.438. The van der Waals surface area contributed by atoms with Crippen molar-refractivity contribution in [2.45, 2.75) is 52.9 Å². The highest BCUT2D eigenvalue weighted by Crippen LogP contribution is 2.10. The smallest absolute Gasteiger partial charge is 0.132 e. The monoisotopic (exact) mass is 156 g/mol. The molecule has 0 saturated heterocycles. The van der Waals surface area contributed by atoms with Crippen molar-refractivity contribution in [2.24, 2.45) is 5.92 Å². The molecular formula is C10H20O. The van der Waals surface area contributed by atoms with E-state index in [1.54, 1.807) is 0 Å². The summed E-state index contributed by atoms with van der Waals surface area (Å²) in [6, 6.07) is 0. The lowest BCUT2D eigenvalue weighted by Gasteiger charge is -2.05. The maximum Gasteiger partial charge on any atom is 0.132 e. The first-order valence-corrected chi connectivity index (χ1v) is 4.72. The van der Waals surface area contributed by atoms with E-state index in [0.717, 1.165) is 31.6 Å². The maximum atomic E-state index is 11.1. The highest BCUT2D eigenvalue weighted by Gasteiger charge is 2.03. The molecule has 66 valence electrons. The Labute approximate surface area is 70.2 Å². The summed E-state index contributed by atoms with van der Waals surface area (Å²) < 4.78 is 0. The topological polar surface area (TPSA) is 17.1 Å². The highest BCUT2D eigenvalue weighted by molar-refractivity contribution is 5.78. The molecule has 0 rings (SSSR count). The molecule has 0 fully saturated rings. The van der Waals surface area contributed by atoms with Crippen LogP contribution < -0.4 is 0 Å². The van der Waals surface area contributed by atoms with Gasteiger partial charge in [-0.05, 0) is 18.8 Å². The molecule has 0 aliphatic heterocycles. The van der Waals surface area contributed by atoms with Crippen molar-refractivity contribution in [3.05, 3.63) is 0 Å². The third kappa shape index (κ3) is 6.08. The summed E-state index contributed by atoms with van der Waals surface area (Å²) >= 11 is 0. The predicted octanol–water partition coefficient (Wildman–Crippen LogP) is 3.18. The molecule has 0 aromatic heterocycles. The lowest BCUT2D eigenvalue weighted by atomic mass is 10.00. The van der Waals surface area contributed by atoms with Crippen LogP contribution in [-0.4, -0.2) is 5.78 Å². The SMILES string of the molecule is CCCC(=O)CCC(C)CC. The lowest BCUT2D eigenvalue weighted by Crippen LogP contribution is -2.00. The molecule has 0 bridgehead atoms. The van der Waals surface area contributed by atoms with Crippen molar-refractivity contribution in [1.82, 2.24) is 0 Å². The molecule has 0 aromatic rings. The van der Waals surface area contributed by atoms with Crippen molar-refractivity contribution < 1.29 is 4.79 Å². The second-order valence-electron chi connectivity index (χ2n) is 3.34. The predicted molar refractivity (Wildman–Crippen MR) is 48.6 cm³/mol. The Morgan fingerprint density at radius 1 is 1.27 bits per heavy atom. The van der Waals surface area contributed by atoms with Gasteiger partial charge < -0.3 is 0 Å². The summed E-state index contributed by atoms with van der Waals surface area (Å²) in [7, 11) is 0. The Hall–Kier alpha value is -0.330. The van der Waals surface area contributed by atoms with Crippen molar-refractivity contribution in [2.75, 3.05) is 0 Å². The van der Waals surface area contributed by atoms with Gasteiger partial charge in [-0.25, -0.2) is 0 Å². The van der Waals surface area contributed by atoms with E-state index in [2.05, 4.69) is 20.8 Å². The molecule has 1 unspecified atom stereocenters. The zero-order chi connectivity index (χ0) is 8.69. The van der Waals surface area contributed by atoms with Gasteiger partial charge in [-0.15, -0.1) is 0 Å². The molecule has 1 heteroatoms. The fraction of sp³-hybridized carbons (Fsp3) is 0.900. The van der Waals surface area contributed by atoms with Gasteiger partial charge in [0.2, 0.25) is 0 Å². The van der Waals surface area contributed by atoms with Crippen molar-refractivity contribution in [3.8, 4) is 0 Å². The fourth-order valence-corrected chi connectivity index (χ4v) is 1.02. The van der Waals surface area contributed by atoms with E-state index in [4.69, 9.17) is 0 Å². The van der Waals surface area contributed by atoms with E-state index in [-0.39, 0.29) is 0 Å². The normalized spacial score (nSPS) is 13.0. The minimum Gasteiger partial charge on any atom is -0.300 e. The van der Waals surface area contributed by atoms with Crippen LogP contribution in [-0.2, 0) is 4.79 Å². The number of carbonyl (C=O) groups is 1. The largest absolute Gasteiger partial charge is 0.300 e. The highest BCUT2D eigenvalue weighted by atomic mass is 16.1. The first-order valence-electron chi connectivity index (χ1n) is 4.72. The van der Waals surface area contributed by atoms with Crippen LogP contribution in [0.1, 0.15) is 52.9 Å². The van der Waals surface area contributed by atoms with E-state index in [9.17, 15) is 4.79 Å². The molecule has 0 heterocycles. The fourth-order valence-electron chi connectivity index (χ4n) is 1.02. The molecule has 0 saturated carbocycles. The summed E-state index contributed by atoms with van der Waals surface area (Å²) in [5, 5.41) is 0. The maximum absolute atomic E-state index is 11.1. The molecule has 0 spiro atoms. The molecule has 0 amide bonds. The second kappa shape index (κ2) is 6.38. The molecule has 0 aliphatic rings. The van der Waals surface area contributed by atoms with Gasteiger partial charge in [0.25, 0.3) is 0 Å². The number of hydrogen-bond donors (Lipinski definition) is 0. The van der Waals surface area contributed by atoms with Crippen LogP contribution in [0.5, 0.6) is 0 Å². The molecule has 0 radical (unpaired) electrons. The van der Waals surface area contributed by atoms with Gasteiger partial charge in [0.05, 0.1) is 0 Å². The number of hydrogen-bond acceptors (Lipinski definition) is 1. The molecule has 1 nitrogen and oxygen atoms in total. The van der Waals surface area contributed by atoms with Crippen molar-refractivity contribution in [3.63, 3.8) is 0 Å². The van der Waals surface area contributed by atoms with Gasteiger partial charge in [-0.2, -0.15) is 0 Å². The molecule has 0 aromatic carbocycles. The third-order valence-corrected chi connectivity index (χ3v) is 2.14. The summed E-state index contributed by atoms with van der Waals surface area (Å²) in [6.07, 6.45) is 4.84. The molecule has 1 atom stereocenters. The van der Waals surface area contributed by atoms with Gasteiger partial charge >= 0.3 is 0 Å². The molecular weight excluding hydrogens is 136 g/mol. The average Bonchev–Trinajstić information content (AvgIpc) is 2.01. The Morgan fingerprint density at radius 2 is 1.91 bits per heavy atom. The minimum atomic E-state index is 0.438. The van der Waals surface area contributed by atoms with Crippen LogP contribution in [0.4, 0.5) is 0 Å². The average molecular weight is 156 g/mol. The zero-order valence-corrected chi connectivity index (χ0v) is 8.02. The second-order valence-corrected chi connectivity index (χ2v) is 3.34. The van der Waals surface area contributed by atoms with Crippen LogP contribution in [0, 0.1) is 5.92 Å². The van der Waals surface area contributed by atoms with Gasteiger partial charge in [-0.3, -0.25) is 4.79 Å². The Bertz CT molecular complexity index is 107. The van der Waals surface area contributed by atoms with E-state index in [1.807, 2.05) is 0 Å². The quantitative estimate of drug-likeness (QED) is 0.577. The summed E-state index contributed by atoms with van der Waals surface area (Å²) in [5.41, 5.74) is 0. The van der Waals surface area contributed by atoms with Crippen LogP contribution in [0.25, 0.3) is 0 Å². The van der Waals surface area contributed by atoms with Gasteiger partial charge in [0, 0.05) is 12.8 Å². The summed E-state index contributed by atoms with van der Waals surface area (Å²) in [4.78, 5) is 11.1. The Morgan fingerprint density at radius 3 is 2.36 bits per heavy atom. The standard InChI is InChI=1S/C10H20O/c1-4-6-10(11)8-7-9(3)5-2/h9H,4-8H2,1-3H3. The van der Waals surface area contributed by atoms with Crippen LogP contribution >= 0.6 is 0 Å². The molecule has 0 N–H and O–H groups in total. The first-order chi connectivity index (χ1) is 5.20. The first kappa shape index (κ1) is 10.7. The zero-order valence-electron chi connectivity index (χ0n) is 8.02. The molecule has 11 heavy (non-hydrogen) atoms. The van der Waals surface area contributed by atoms with Crippen LogP contribution in [0.15, 0.2) is 0 Å². The summed E-state index contributed by atoms with van der Waals surface area (Å²) in [5.74, 6) is 1.16. The Kier molecular flexibility index (Phi) is 6.19. The van der Waals surface area contributed by atoms with Gasteiger partial charge in [0.1, 0.15) is 5.78 Å². The number of carbonyl (C=O) groups excluding carboxylic acids is 1. The van der Waals surface area contributed by atoms with E-state index in [1.165, 1.54) is 6.42 Å².